The summed E-state index contributed by atoms with van der Waals surface area (Å²) in [5.41, 5.74) is 0. The van der Waals surface area contributed by atoms with Gasteiger partial charge in [-0.15, -0.1) is 0 Å². The van der Waals surface area contributed by atoms with E-state index in [2.05, 4.69) is 11.9 Å². The van der Waals surface area contributed by atoms with Crippen molar-refractivity contribution in [2.24, 2.45) is 0 Å². The van der Waals surface area contributed by atoms with Crippen LogP contribution >= 0.6 is 0 Å². The van der Waals surface area contributed by atoms with Crippen molar-refractivity contribution < 1.29 is 5.11 Å². The smallest absolute Gasteiger partial charge is 0.0586 e. The topological polar surface area (TPSA) is 23.5 Å². The van der Waals surface area contributed by atoms with Crippen molar-refractivity contribution in [1.82, 2.24) is 4.90 Å². The average molecular weight is 145 g/mol. The first-order valence-corrected chi connectivity index (χ1v) is 4.15. The third kappa shape index (κ3) is 2.67. The quantitative estimate of drug-likeness (QED) is 0.597. The molecule has 1 fully saturated rings. The van der Waals surface area contributed by atoms with E-state index in [4.69, 9.17) is 5.11 Å². The number of likely N-dealkylation sites (N-methyl/N-ethyl adjacent to an activating group) is 1. The minimum Gasteiger partial charge on any atom is -0.395 e. The van der Waals surface area contributed by atoms with Gasteiger partial charge in [0.15, 0.2) is 0 Å². The highest BCUT2D eigenvalue weighted by atomic mass is 16.3. The molecule has 2 heteroatoms. The zero-order valence-electron chi connectivity index (χ0n) is 7.30. The predicted octanol–water partition coefficient (Wildman–Crippen LogP) is 1.10. The number of nitrogens with zero attached hydrogens (tertiary/aromatic N) is 1. The molecule has 0 spiro atoms. The van der Waals surface area contributed by atoms with Gasteiger partial charge < -0.3 is 10.0 Å². The summed E-state index contributed by atoms with van der Waals surface area (Å²) in [6.45, 7) is 5.49. The van der Waals surface area contributed by atoms with Crippen LogP contribution in [0.15, 0.2) is 0 Å². The Morgan fingerprint density at radius 2 is 2.10 bits per heavy atom. The largest absolute Gasteiger partial charge is 0.395 e. The van der Waals surface area contributed by atoms with E-state index in [-0.39, 0.29) is 0 Å². The van der Waals surface area contributed by atoms with E-state index < -0.39 is 0 Å². The van der Waals surface area contributed by atoms with Crippen molar-refractivity contribution in [3.8, 4) is 0 Å². The van der Waals surface area contributed by atoms with Gasteiger partial charge in [0.1, 0.15) is 0 Å². The molecule has 10 heavy (non-hydrogen) atoms. The first-order valence-electron chi connectivity index (χ1n) is 4.15. The second-order valence-corrected chi connectivity index (χ2v) is 2.46. The van der Waals surface area contributed by atoms with Crippen LogP contribution in [-0.4, -0.2) is 36.2 Å². The summed E-state index contributed by atoms with van der Waals surface area (Å²) in [4.78, 5) is 2.21. The molecule has 2 nitrogen and oxygen atoms in total. The van der Waals surface area contributed by atoms with Crippen molar-refractivity contribution in [1.29, 1.82) is 0 Å². The zero-order valence-corrected chi connectivity index (χ0v) is 7.30. The molecule has 0 aliphatic carbocycles. The van der Waals surface area contributed by atoms with Gasteiger partial charge >= 0.3 is 0 Å². The first kappa shape index (κ1) is 9.92. The van der Waals surface area contributed by atoms with Crippen LogP contribution in [0.2, 0.25) is 0 Å². The zero-order chi connectivity index (χ0) is 7.98. The van der Waals surface area contributed by atoms with Gasteiger partial charge in [0.2, 0.25) is 0 Å². The third-order valence-corrected chi connectivity index (χ3v) is 1.88. The summed E-state index contributed by atoms with van der Waals surface area (Å²) in [6, 6.07) is 0.454. The van der Waals surface area contributed by atoms with Gasteiger partial charge in [-0.1, -0.05) is 13.8 Å². The van der Waals surface area contributed by atoms with E-state index in [1.54, 1.807) is 0 Å². The average Bonchev–Trinajstić information content (AvgIpc) is 2.39. The highest BCUT2D eigenvalue weighted by Crippen LogP contribution is 2.12. The normalized spacial score (nSPS) is 25.8. The summed E-state index contributed by atoms with van der Waals surface area (Å²) in [7, 11) is 2.06. The molecule has 0 aromatic rings. The molecule has 62 valence electrons. The maximum atomic E-state index is 8.69. The molecule has 0 saturated carbocycles. The Morgan fingerprint density at radius 3 is 2.30 bits per heavy atom. The maximum Gasteiger partial charge on any atom is 0.0586 e. The fourth-order valence-corrected chi connectivity index (χ4v) is 1.21. The second-order valence-electron chi connectivity index (χ2n) is 2.46. The standard InChI is InChI=1S/C6H13NO.C2H6/c1-7-4-2-3-6(7)5-8;1-2/h6,8H,2-5H2,1H3;1-2H3. The van der Waals surface area contributed by atoms with Crippen molar-refractivity contribution in [3.05, 3.63) is 0 Å². The summed E-state index contributed by atoms with van der Waals surface area (Å²) >= 11 is 0. The van der Waals surface area contributed by atoms with Crippen molar-refractivity contribution >= 4 is 0 Å². The molecule has 0 aromatic heterocycles. The molecule has 1 saturated heterocycles. The Bertz CT molecular complexity index is 75.7. The number of aliphatic hydroxyl groups is 1. The molecular formula is C8H19NO. The predicted molar refractivity (Wildman–Crippen MR) is 44.1 cm³/mol. The molecule has 0 amide bonds. The van der Waals surface area contributed by atoms with Crippen LogP contribution in [0.1, 0.15) is 26.7 Å². The molecule has 1 atom stereocenters. The van der Waals surface area contributed by atoms with Crippen LogP contribution < -0.4 is 0 Å². The molecule has 0 radical (unpaired) electrons. The fourth-order valence-electron chi connectivity index (χ4n) is 1.21. The van der Waals surface area contributed by atoms with Gasteiger partial charge in [-0.25, -0.2) is 0 Å². The van der Waals surface area contributed by atoms with Gasteiger partial charge in [0.25, 0.3) is 0 Å². The van der Waals surface area contributed by atoms with E-state index in [9.17, 15) is 0 Å². The summed E-state index contributed by atoms with van der Waals surface area (Å²) in [5.74, 6) is 0. The molecule has 1 heterocycles. The van der Waals surface area contributed by atoms with E-state index in [0.29, 0.717) is 12.6 Å². The highest BCUT2D eigenvalue weighted by molar-refractivity contribution is 4.74. The number of aliphatic hydroxyl groups excluding tert-OH is 1. The van der Waals surface area contributed by atoms with Crippen LogP contribution in [0.25, 0.3) is 0 Å². The molecule has 1 unspecified atom stereocenters. The van der Waals surface area contributed by atoms with Gasteiger partial charge in [-0.2, -0.15) is 0 Å². The van der Waals surface area contributed by atoms with Crippen molar-refractivity contribution in [2.75, 3.05) is 20.2 Å². The van der Waals surface area contributed by atoms with E-state index in [0.717, 1.165) is 6.54 Å². The van der Waals surface area contributed by atoms with Crippen molar-refractivity contribution in [2.45, 2.75) is 32.7 Å². The highest BCUT2D eigenvalue weighted by Gasteiger charge is 2.18. The number of hydrogen-bond donors (Lipinski definition) is 1. The fraction of sp³-hybridized carbons (Fsp3) is 1.00. The molecule has 1 aliphatic rings. The van der Waals surface area contributed by atoms with E-state index in [1.165, 1.54) is 12.8 Å². The van der Waals surface area contributed by atoms with Crippen LogP contribution in [0, 0.1) is 0 Å². The van der Waals surface area contributed by atoms with Crippen LogP contribution in [0.5, 0.6) is 0 Å². The van der Waals surface area contributed by atoms with E-state index >= 15 is 0 Å². The molecule has 1 aliphatic heterocycles. The minimum atomic E-state index is 0.330. The summed E-state index contributed by atoms with van der Waals surface area (Å²) in [5, 5.41) is 8.69. The molecular weight excluding hydrogens is 126 g/mol. The van der Waals surface area contributed by atoms with Crippen molar-refractivity contribution in [3.63, 3.8) is 0 Å². The lowest BCUT2D eigenvalue weighted by Gasteiger charge is -2.15. The van der Waals surface area contributed by atoms with Gasteiger partial charge in [-0.05, 0) is 26.4 Å². The maximum absolute atomic E-state index is 8.69. The van der Waals surface area contributed by atoms with Gasteiger partial charge in [0.05, 0.1) is 6.61 Å². The van der Waals surface area contributed by atoms with Gasteiger partial charge in [-0.3, -0.25) is 0 Å². The lowest BCUT2D eigenvalue weighted by molar-refractivity contribution is 0.182. The molecule has 1 rings (SSSR count). The number of hydrogen-bond acceptors (Lipinski definition) is 2. The van der Waals surface area contributed by atoms with Crippen LogP contribution in [0.4, 0.5) is 0 Å². The SMILES string of the molecule is CC.CN1CCCC1CO. The number of likely N-dealkylation sites (tertiary alicyclic amines) is 1. The minimum absolute atomic E-state index is 0.330. The Morgan fingerprint density at radius 1 is 1.50 bits per heavy atom. The Balaban J connectivity index is 0.000000371. The van der Waals surface area contributed by atoms with Crippen LogP contribution in [0.3, 0.4) is 0 Å². The Labute approximate surface area is 63.8 Å². The molecule has 1 N–H and O–H groups in total. The number of rotatable bonds is 1. The second kappa shape index (κ2) is 5.69. The Hall–Kier alpha value is -0.0800. The first-order chi connectivity index (χ1) is 4.84. The molecule has 0 aromatic carbocycles. The molecule has 0 bridgehead atoms. The monoisotopic (exact) mass is 145 g/mol. The third-order valence-electron chi connectivity index (χ3n) is 1.88. The summed E-state index contributed by atoms with van der Waals surface area (Å²) in [6.07, 6.45) is 2.43. The van der Waals surface area contributed by atoms with Gasteiger partial charge in [0, 0.05) is 6.04 Å². The lowest BCUT2D eigenvalue weighted by Crippen LogP contribution is -2.27. The summed E-state index contributed by atoms with van der Waals surface area (Å²) < 4.78 is 0. The van der Waals surface area contributed by atoms with E-state index in [1.807, 2.05) is 13.8 Å². The van der Waals surface area contributed by atoms with Crippen LogP contribution in [-0.2, 0) is 0 Å². The Kier molecular flexibility index (Phi) is 5.64. The lowest BCUT2D eigenvalue weighted by atomic mass is 10.2.